The number of likely N-dealkylation sites (tertiary alicyclic amines) is 1. The number of hydrogen-bond donors (Lipinski definition) is 1. The van der Waals surface area contributed by atoms with Gasteiger partial charge >= 0.3 is 0 Å². The molecule has 10 heteroatoms. The fourth-order valence-electron chi connectivity index (χ4n) is 4.17. The number of nitrogens with zero attached hydrogens (tertiary/aromatic N) is 4. The van der Waals surface area contributed by atoms with Crippen LogP contribution in [0.2, 0.25) is 0 Å². The van der Waals surface area contributed by atoms with Gasteiger partial charge in [-0.15, -0.1) is 0 Å². The predicted octanol–water partition coefficient (Wildman–Crippen LogP) is 2.59. The summed E-state index contributed by atoms with van der Waals surface area (Å²) in [5.74, 6) is 1.62. The van der Waals surface area contributed by atoms with Crippen molar-refractivity contribution in [2.24, 2.45) is 5.92 Å². The molecule has 1 fully saturated rings. The van der Waals surface area contributed by atoms with Crippen LogP contribution < -0.4 is 14.8 Å². The van der Waals surface area contributed by atoms with Crippen molar-refractivity contribution in [3.63, 3.8) is 0 Å². The molecular weight excluding hydrogens is 396 g/mol. The van der Waals surface area contributed by atoms with Gasteiger partial charge in [0.05, 0.1) is 7.11 Å². The zero-order chi connectivity index (χ0) is 21.1. The van der Waals surface area contributed by atoms with Gasteiger partial charge in [-0.2, -0.15) is 10.1 Å². The van der Waals surface area contributed by atoms with E-state index in [0.717, 1.165) is 12.8 Å². The zero-order valence-corrected chi connectivity index (χ0v) is 16.7. The normalized spacial score (nSPS) is 23.6. The molecule has 0 bridgehead atoms. The molecule has 162 valence electrons. The van der Waals surface area contributed by atoms with Crippen molar-refractivity contribution in [2.45, 2.75) is 37.8 Å². The van der Waals surface area contributed by atoms with Gasteiger partial charge in [0.1, 0.15) is 23.9 Å². The molecule has 3 heterocycles. The van der Waals surface area contributed by atoms with Crippen LogP contribution in [0.4, 0.5) is 14.7 Å². The Balaban J connectivity index is 1.35. The summed E-state index contributed by atoms with van der Waals surface area (Å²) in [4.78, 5) is 18.5. The molecule has 1 aromatic heterocycles. The topological polar surface area (TPSA) is 81.5 Å². The molecular formula is C20H25F2N5O3. The van der Waals surface area contributed by atoms with Gasteiger partial charge in [-0.1, -0.05) is 0 Å². The van der Waals surface area contributed by atoms with E-state index in [1.54, 1.807) is 36.3 Å². The summed E-state index contributed by atoms with van der Waals surface area (Å²) in [6.45, 7) is 1.08. The Morgan fingerprint density at radius 2 is 2.07 bits per heavy atom. The summed E-state index contributed by atoms with van der Waals surface area (Å²) >= 11 is 0. The number of amides is 1. The van der Waals surface area contributed by atoms with Crippen molar-refractivity contribution < 1.29 is 23.0 Å². The molecule has 0 saturated carbocycles. The van der Waals surface area contributed by atoms with E-state index in [0.29, 0.717) is 30.5 Å². The van der Waals surface area contributed by atoms with E-state index in [1.165, 1.54) is 11.0 Å². The molecule has 1 saturated heterocycles. The van der Waals surface area contributed by atoms with E-state index in [-0.39, 0.29) is 30.9 Å². The summed E-state index contributed by atoms with van der Waals surface area (Å²) in [5.41, 5.74) is 0. The first-order chi connectivity index (χ1) is 14.5. The Morgan fingerprint density at radius 1 is 1.30 bits per heavy atom. The Labute approximate surface area is 173 Å². The largest absolute Gasteiger partial charge is 0.497 e. The molecule has 2 aliphatic heterocycles. The van der Waals surface area contributed by atoms with Crippen LogP contribution >= 0.6 is 0 Å². The van der Waals surface area contributed by atoms with Crippen LogP contribution in [-0.4, -0.2) is 64.8 Å². The number of benzene rings is 1. The fourth-order valence-corrected chi connectivity index (χ4v) is 4.17. The van der Waals surface area contributed by atoms with Crippen LogP contribution in [-0.2, 0) is 4.79 Å². The molecule has 1 aromatic carbocycles. The maximum atomic E-state index is 13.5. The number of halogens is 2. The van der Waals surface area contributed by atoms with E-state index in [2.05, 4.69) is 15.4 Å². The van der Waals surface area contributed by atoms with Crippen LogP contribution in [0.15, 0.2) is 30.6 Å². The summed E-state index contributed by atoms with van der Waals surface area (Å²) in [5, 5.41) is 7.15. The Morgan fingerprint density at radius 3 is 2.80 bits per heavy atom. The average Bonchev–Trinajstić information content (AvgIpc) is 3.25. The Bertz CT molecular complexity index is 860. The number of nitrogens with one attached hydrogen (secondary N) is 1. The fraction of sp³-hybridized carbons (Fsp3) is 0.550. The van der Waals surface area contributed by atoms with Crippen LogP contribution in [0.5, 0.6) is 11.5 Å². The molecule has 0 aliphatic carbocycles. The lowest BCUT2D eigenvalue weighted by atomic mass is 9.86. The smallest absolute Gasteiger partial charge is 0.260 e. The number of fused-ring (bicyclic) bond motifs is 1. The molecule has 2 aromatic rings. The lowest BCUT2D eigenvalue weighted by Crippen LogP contribution is -2.49. The van der Waals surface area contributed by atoms with Gasteiger partial charge in [0.25, 0.3) is 12.3 Å². The van der Waals surface area contributed by atoms with Crippen molar-refractivity contribution in [3.8, 4) is 11.5 Å². The Hall–Kier alpha value is -2.91. The van der Waals surface area contributed by atoms with Gasteiger partial charge in [-0.25, -0.2) is 13.5 Å². The number of aromatic nitrogens is 3. The first kappa shape index (κ1) is 20.4. The summed E-state index contributed by atoms with van der Waals surface area (Å²) < 4.78 is 39.0. The maximum Gasteiger partial charge on any atom is 0.260 e. The van der Waals surface area contributed by atoms with Crippen molar-refractivity contribution in [3.05, 3.63) is 30.6 Å². The second-order valence-electron chi connectivity index (χ2n) is 7.62. The number of rotatable bonds is 6. The van der Waals surface area contributed by atoms with Gasteiger partial charge in [-0.05, 0) is 49.4 Å². The summed E-state index contributed by atoms with van der Waals surface area (Å²) in [6.07, 6.45) is 0.707. The van der Waals surface area contributed by atoms with E-state index in [4.69, 9.17) is 9.47 Å². The van der Waals surface area contributed by atoms with E-state index in [1.807, 2.05) is 0 Å². The van der Waals surface area contributed by atoms with Gasteiger partial charge in [0.2, 0.25) is 5.95 Å². The second-order valence-corrected chi connectivity index (χ2v) is 7.62. The highest BCUT2D eigenvalue weighted by molar-refractivity contribution is 5.77. The number of methoxy groups -OCH3 is 1. The standard InChI is InChI=1S/C20H25F2N5O3/c1-29-14-4-6-15(7-5-14)30-11-18(28)26-8-2-3-13(10-26)16-9-17(19(21)22)27-20(25-16)23-12-24-27/h4-7,12-13,16-17,19H,2-3,8-11H2,1H3,(H,23,24,25)/t13-,16+,17-/m1/s1. The highest BCUT2D eigenvalue weighted by Crippen LogP contribution is 2.35. The van der Waals surface area contributed by atoms with Gasteiger partial charge in [0, 0.05) is 19.1 Å². The summed E-state index contributed by atoms with van der Waals surface area (Å²) in [7, 11) is 1.58. The third kappa shape index (κ3) is 4.31. The highest BCUT2D eigenvalue weighted by Gasteiger charge is 2.39. The van der Waals surface area contributed by atoms with Gasteiger partial charge in [-0.3, -0.25) is 4.79 Å². The lowest BCUT2D eigenvalue weighted by Gasteiger charge is -2.40. The number of anilines is 1. The van der Waals surface area contributed by atoms with E-state index in [9.17, 15) is 13.6 Å². The van der Waals surface area contributed by atoms with Crippen LogP contribution in [0.3, 0.4) is 0 Å². The first-order valence-corrected chi connectivity index (χ1v) is 10.0. The van der Waals surface area contributed by atoms with E-state index < -0.39 is 12.5 Å². The first-order valence-electron chi connectivity index (χ1n) is 10.0. The zero-order valence-electron chi connectivity index (χ0n) is 16.7. The van der Waals surface area contributed by atoms with Crippen LogP contribution in [0.1, 0.15) is 25.3 Å². The number of piperidine rings is 1. The monoisotopic (exact) mass is 421 g/mol. The third-order valence-electron chi connectivity index (χ3n) is 5.79. The van der Waals surface area contributed by atoms with Crippen molar-refractivity contribution in [1.82, 2.24) is 19.7 Å². The second kappa shape index (κ2) is 8.85. The third-order valence-corrected chi connectivity index (χ3v) is 5.79. The van der Waals surface area contributed by atoms with Gasteiger partial charge in [0.15, 0.2) is 6.61 Å². The molecule has 0 radical (unpaired) electrons. The molecule has 1 N–H and O–H groups in total. The predicted molar refractivity (Wildman–Crippen MR) is 105 cm³/mol. The van der Waals surface area contributed by atoms with Crippen LogP contribution in [0.25, 0.3) is 0 Å². The number of ether oxygens (including phenoxy) is 2. The highest BCUT2D eigenvalue weighted by atomic mass is 19.3. The van der Waals surface area contributed by atoms with Crippen LogP contribution in [0, 0.1) is 5.92 Å². The number of carbonyl (C=O) groups excluding carboxylic acids is 1. The van der Waals surface area contributed by atoms with Gasteiger partial charge < -0.3 is 19.7 Å². The van der Waals surface area contributed by atoms with Crippen molar-refractivity contribution in [1.29, 1.82) is 0 Å². The molecule has 2 aliphatic rings. The minimum Gasteiger partial charge on any atom is -0.497 e. The molecule has 0 unspecified atom stereocenters. The van der Waals surface area contributed by atoms with Crippen molar-refractivity contribution >= 4 is 11.9 Å². The molecule has 30 heavy (non-hydrogen) atoms. The molecule has 0 spiro atoms. The quantitative estimate of drug-likeness (QED) is 0.772. The number of alkyl halides is 2. The van der Waals surface area contributed by atoms with Crippen molar-refractivity contribution in [2.75, 3.05) is 32.1 Å². The minimum absolute atomic E-state index is 0.0644. The molecule has 4 rings (SSSR count). The van der Waals surface area contributed by atoms with E-state index >= 15 is 0 Å². The molecule has 3 atom stereocenters. The number of carbonyl (C=O) groups is 1. The minimum atomic E-state index is -2.52. The maximum absolute atomic E-state index is 13.5. The Kier molecular flexibility index (Phi) is 6.01. The molecule has 1 amide bonds. The average molecular weight is 421 g/mol. The lowest BCUT2D eigenvalue weighted by molar-refractivity contribution is -0.135. The summed E-state index contributed by atoms with van der Waals surface area (Å²) in [6, 6.07) is 5.85. The number of hydrogen-bond acceptors (Lipinski definition) is 6. The molecule has 8 nitrogen and oxygen atoms in total. The SMILES string of the molecule is COc1ccc(OCC(=O)N2CCC[C@@H]([C@@H]3C[C@H](C(F)F)n4ncnc4N3)C2)cc1.